The van der Waals surface area contributed by atoms with E-state index in [9.17, 15) is 0 Å². The van der Waals surface area contributed by atoms with E-state index in [2.05, 4.69) is 29.6 Å². The Morgan fingerprint density at radius 2 is 2.00 bits per heavy atom. The molecule has 5 nitrogen and oxygen atoms in total. The highest BCUT2D eigenvalue weighted by atomic mass is 32.2. The molecular weight excluding hydrogens is 234 g/mol. The number of nitrogens with zero attached hydrogens (tertiary/aromatic N) is 4. The predicted octanol–water partition coefficient (Wildman–Crippen LogP) is -0.101. The van der Waals surface area contributed by atoms with Gasteiger partial charge in [-0.3, -0.25) is 0 Å². The summed E-state index contributed by atoms with van der Waals surface area (Å²) in [4.78, 5) is 1.43. The molecule has 17 heavy (non-hydrogen) atoms. The molecule has 0 spiro atoms. The SMILES string of the molecule is C[NH+](C)CCSc1nnnn1-c1ccccc1. The second kappa shape index (κ2) is 5.79. The molecule has 2 rings (SSSR count). The first-order valence-corrected chi connectivity index (χ1v) is 6.51. The summed E-state index contributed by atoms with van der Waals surface area (Å²) in [6, 6.07) is 9.94. The third kappa shape index (κ3) is 3.28. The van der Waals surface area contributed by atoms with Crippen molar-refractivity contribution in [2.45, 2.75) is 5.16 Å². The summed E-state index contributed by atoms with van der Waals surface area (Å²) < 4.78 is 1.77. The number of hydrogen-bond acceptors (Lipinski definition) is 4. The first-order chi connectivity index (χ1) is 8.27. The lowest BCUT2D eigenvalue weighted by Crippen LogP contribution is -3.06. The van der Waals surface area contributed by atoms with E-state index in [-0.39, 0.29) is 0 Å². The summed E-state index contributed by atoms with van der Waals surface area (Å²) in [7, 11) is 4.28. The Hall–Kier alpha value is -1.40. The van der Waals surface area contributed by atoms with E-state index >= 15 is 0 Å². The van der Waals surface area contributed by atoms with Crippen molar-refractivity contribution in [3.63, 3.8) is 0 Å². The first kappa shape index (κ1) is 12.1. The van der Waals surface area contributed by atoms with E-state index in [1.54, 1.807) is 16.4 Å². The van der Waals surface area contributed by atoms with E-state index < -0.39 is 0 Å². The van der Waals surface area contributed by atoms with Crippen LogP contribution in [-0.2, 0) is 0 Å². The Bertz CT molecular complexity index is 454. The zero-order valence-electron chi connectivity index (χ0n) is 10.00. The molecule has 0 unspecified atom stereocenters. The molecule has 0 atom stereocenters. The number of thioether (sulfide) groups is 1. The summed E-state index contributed by atoms with van der Waals surface area (Å²) in [6.07, 6.45) is 0. The highest BCUT2D eigenvalue weighted by Crippen LogP contribution is 2.16. The van der Waals surface area contributed by atoms with E-state index in [0.717, 1.165) is 23.1 Å². The van der Waals surface area contributed by atoms with Crippen molar-refractivity contribution >= 4 is 11.8 Å². The van der Waals surface area contributed by atoms with Crippen molar-refractivity contribution in [3.05, 3.63) is 30.3 Å². The fourth-order valence-electron chi connectivity index (χ4n) is 1.35. The molecule has 0 amide bonds. The Morgan fingerprint density at radius 1 is 1.24 bits per heavy atom. The minimum Gasteiger partial charge on any atom is -0.339 e. The molecule has 1 heterocycles. The van der Waals surface area contributed by atoms with Gasteiger partial charge in [0, 0.05) is 0 Å². The number of benzene rings is 1. The van der Waals surface area contributed by atoms with Crippen LogP contribution in [0.25, 0.3) is 5.69 Å². The molecule has 0 aliphatic heterocycles. The normalized spacial score (nSPS) is 11.0. The van der Waals surface area contributed by atoms with Crippen molar-refractivity contribution < 1.29 is 4.90 Å². The lowest BCUT2D eigenvalue weighted by Gasteiger charge is -2.06. The average Bonchev–Trinajstić information content (AvgIpc) is 2.78. The smallest absolute Gasteiger partial charge is 0.214 e. The van der Waals surface area contributed by atoms with Crippen LogP contribution >= 0.6 is 11.8 Å². The molecule has 1 N–H and O–H groups in total. The molecule has 0 saturated carbocycles. The van der Waals surface area contributed by atoms with Gasteiger partial charge in [0.05, 0.1) is 32.1 Å². The average molecular weight is 250 g/mol. The van der Waals surface area contributed by atoms with Crippen LogP contribution in [-0.4, -0.2) is 46.6 Å². The fourth-order valence-corrected chi connectivity index (χ4v) is 2.40. The topological polar surface area (TPSA) is 48.0 Å². The van der Waals surface area contributed by atoms with Crippen molar-refractivity contribution in [1.29, 1.82) is 0 Å². The minimum atomic E-state index is 0.845. The largest absolute Gasteiger partial charge is 0.339 e. The van der Waals surface area contributed by atoms with E-state index in [1.807, 2.05) is 30.3 Å². The molecule has 1 aromatic heterocycles. The molecule has 0 aliphatic rings. The molecule has 0 saturated heterocycles. The van der Waals surface area contributed by atoms with Gasteiger partial charge in [-0.25, -0.2) is 0 Å². The summed E-state index contributed by atoms with van der Waals surface area (Å²) >= 11 is 1.68. The summed E-state index contributed by atoms with van der Waals surface area (Å²) in [5, 5.41) is 12.6. The second-order valence-electron chi connectivity index (χ2n) is 4.01. The Morgan fingerprint density at radius 3 is 2.71 bits per heavy atom. The van der Waals surface area contributed by atoms with Gasteiger partial charge in [0.2, 0.25) is 5.16 Å². The monoisotopic (exact) mass is 250 g/mol. The Kier molecular flexibility index (Phi) is 4.11. The van der Waals surface area contributed by atoms with Crippen LogP contribution in [0.2, 0.25) is 0 Å². The maximum Gasteiger partial charge on any atom is 0.214 e. The van der Waals surface area contributed by atoms with Crippen LogP contribution in [0.15, 0.2) is 35.5 Å². The molecule has 6 heteroatoms. The van der Waals surface area contributed by atoms with Crippen LogP contribution in [0, 0.1) is 0 Å². The highest BCUT2D eigenvalue weighted by Gasteiger charge is 2.08. The number of rotatable bonds is 5. The van der Waals surface area contributed by atoms with Crippen molar-refractivity contribution in [3.8, 4) is 5.69 Å². The lowest BCUT2D eigenvalue weighted by molar-refractivity contribution is -0.855. The third-order valence-corrected chi connectivity index (χ3v) is 3.20. The quantitative estimate of drug-likeness (QED) is 0.753. The van der Waals surface area contributed by atoms with Crippen LogP contribution < -0.4 is 4.90 Å². The lowest BCUT2D eigenvalue weighted by atomic mass is 10.3. The molecule has 0 fully saturated rings. The van der Waals surface area contributed by atoms with Crippen LogP contribution in [0.1, 0.15) is 0 Å². The van der Waals surface area contributed by atoms with Gasteiger partial charge in [0.15, 0.2) is 0 Å². The van der Waals surface area contributed by atoms with Gasteiger partial charge in [-0.05, 0) is 22.6 Å². The third-order valence-electron chi connectivity index (χ3n) is 2.27. The standard InChI is InChI=1S/C11H15N5S/c1-15(2)8-9-17-11-12-13-14-16(11)10-6-4-3-5-7-10/h3-7H,8-9H2,1-2H3/p+1. The number of nitrogens with one attached hydrogen (secondary N) is 1. The van der Waals surface area contributed by atoms with E-state index in [4.69, 9.17) is 0 Å². The summed E-state index contributed by atoms with van der Waals surface area (Å²) in [5.41, 5.74) is 0.997. The van der Waals surface area contributed by atoms with Gasteiger partial charge in [0.1, 0.15) is 0 Å². The van der Waals surface area contributed by atoms with Gasteiger partial charge in [-0.1, -0.05) is 30.0 Å². The van der Waals surface area contributed by atoms with Gasteiger partial charge in [-0.15, -0.1) is 5.10 Å². The molecule has 0 aliphatic carbocycles. The Balaban J connectivity index is 2.07. The number of quaternary nitrogens is 1. The van der Waals surface area contributed by atoms with Crippen molar-refractivity contribution in [2.75, 3.05) is 26.4 Å². The maximum atomic E-state index is 4.04. The van der Waals surface area contributed by atoms with Crippen LogP contribution in [0.3, 0.4) is 0 Å². The van der Waals surface area contributed by atoms with E-state index in [0.29, 0.717) is 0 Å². The Labute approximate surface area is 105 Å². The molecule has 1 aromatic carbocycles. The molecule has 0 radical (unpaired) electrons. The zero-order chi connectivity index (χ0) is 12.1. The number of para-hydroxylation sites is 1. The van der Waals surface area contributed by atoms with Crippen LogP contribution in [0.5, 0.6) is 0 Å². The number of hydrogen-bond donors (Lipinski definition) is 1. The molecule has 2 aromatic rings. The van der Waals surface area contributed by atoms with Gasteiger partial charge < -0.3 is 4.90 Å². The fraction of sp³-hybridized carbons (Fsp3) is 0.364. The van der Waals surface area contributed by atoms with E-state index in [1.165, 1.54) is 4.90 Å². The van der Waals surface area contributed by atoms with Crippen LogP contribution in [0.4, 0.5) is 0 Å². The first-order valence-electron chi connectivity index (χ1n) is 5.53. The summed E-state index contributed by atoms with van der Waals surface area (Å²) in [6.45, 7) is 1.09. The van der Waals surface area contributed by atoms with Crippen molar-refractivity contribution in [1.82, 2.24) is 20.2 Å². The van der Waals surface area contributed by atoms with Gasteiger partial charge in [0.25, 0.3) is 0 Å². The molecular formula is C11H16N5S+. The predicted molar refractivity (Wildman–Crippen MR) is 67.6 cm³/mol. The maximum absolute atomic E-state index is 4.04. The number of tetrazole rings is 1. The molecule has 90 valence electrons. The summed E-state index contributed by atoms with van der Waals surface area (Å²) in [5.74, 6) is 1.01. The van der Waals surface area contributed by atoms with Gasteiger partial charge >= 0.3 is 0 Å². The number of aromatic nitrogens is 4. The van der Waals surface area contributed by atoms with Gasteiger partial charge in [-0.2, -0.15) is 4.68 Å². The molecule has 0 bridgehead atoms. The second-order valence-corrected chi connectivity index (χ2v) is 5.08. The minimum absolute atomic E-state index is 0.845. The zero-order valence-corrected chi connectivity index (χ0v) is 10.8. The van der Waals surface area contributed by atoms with Crippen molar-refractivity contribution in [2.24, 2.45) is 0 Å². The highest BCUT2D eigenvalue weighted by molar-refractivity contribution is 7.99.